The van der Waals surface area contributed by atoms with Gasteiger partial charge in [-0.05, 0) is 26.0 Å². The van der Waals surface area contributed by atoms with E-state index in [4.69, 9.17) is 4.74 Å². The summed E-state index contributed by atoms with van der Waals surface area (Å²) in [6.07, 6.45) is 1.30. The molecule has 2 rings (SSSR count). The summed E-state index contributed by atoms with van der Waals surface area (Å²) >= 11 is 0. The van der Waals surface area contributed by atoms with E-state index >= 15 is 0 Å². The van der Waals surface area contributed by atoms with E-state index in [2.05, 4.69) is 31.0 Å². The van der Waals surface area contributed by atoms with Gasteiger partial charge in [0.2, 0.25) is 0 Å². The molecule has 3 nitrogen and oxygen atoms in total. The Labute approximate surface area is 127 Å². The molecule has 1 heterocycles. The van der Waals surface area contributed by atoms with Gasteiger partial charge < -0.3 is 10.1 Å². The molecule has 0 aliphatic carbocycles. The summed E-state index contributed by atoms with van der Waals surface area (Å²) in [4.78, 5) is 2.44. The first-order valence-corrected chi connectivity index (χ1v) is 7.99. The van der Waals surface area contributed by atoms with Crippen LogP contribution in [-0.4, -0.2) is 43.3 Å². The summed E-state index contributed by atoms with van der Waals surface area (Å²) in [5.74, 6) is -0.127. The van der Waals surface area contributed by atoms with Gasteiger partial charge in [0, 0.05) is 30.7 Å². The second-order valence-electron chi connectivity index (χ2n) is 5.79. The van der Waals surface area contributed by atoms with Crippen LogP contribution in [0.2, 0.25) is 0 Å². The Bertz CT molecular complexity index is 441. The Hall–Kier alpha value is -0.970. The molecule has 0 spiro atoms. The fourth-order valence-electron chi connectivity index (χ4n) is 3.02. The van der Waals surface area contributed by atoms with Gasteiger partial charge in [-0.15, -0.1) is 0 Å². The first kappa shape index (κ1) is 16.4. The van der Waals surface area contributed by atoms with Gasteiger partial charge in [0.25, 0.3) is 0 Å². The second kappa shape index (κ2) is 7.87. The number of likely N-dealkylation sites (N-methyl/N-ethyl adjacent to an activating group) is 1. The molecule has 3 unspecified atom stereocenters. The highest BCUT2D eigenvalue weighted by atomic mass is 19.1. The van der Waals surface area contributed by atoms with Crippen LogP contribution in [-0.2, 0) is 4.74 Å². The monoisotopic (exact) mass is 294 g/mol. The Morgan fingerprint density at radius 1 is 1.38 bits per heavy atom. The average Bonchev–Trinajstić information content (AvgIpc) is 2.48. The molecule has 1 fully saturated rings. The maximum absolute atomic E-state index is 14.1. The molecule has 1 aliphatic rings. The lowest BCUT2D eigenvalue weighted by Gasteiger charge is -2.40. The molecule has 1 N–H and O–H groups in total. The smallest absolute Gasteiger partial charge is 0.128 e. The van der Waals surface area contributed by atoms with Gasteiger partial charge in [-0.3, -0.25) is 4.90 Å². The molecule has 4 heteroatoms. The maximum Gasteiger partial charge on any atom is 0.128 e. The van der Waals surface area contributed by atoms with Crippen LogP contribution in [0.3, 0.4) is 0 Å². The van der Waals surface area contributed by atoms with Crippen LogP contribution in [0.5, 0.6) is 0 Å². The summed E-state index contributed by atoms with van der Waals surface area (Å²) in [7, 11) is 0. The molecule has 1 aromatic rings. The van der Waals surface area contributed by atoms with E-state index in [9.17, 15) is 4.39 Å². The van der Waals surface area contributed by atoms with Gasteiger partial charge in [0.15, 0.2) is 0 Å². The topological polar surface area (TPSA) is 24.5 Å². The van der Waals surface area contributed by atoms with Gasteiger partial charge >= 0.3 is 0 Å². The average molecular weight is 294 g/mol. The van der Waals surface area contributed by atoms with Crippen molar-refractivity contribution in [3.63, 3.8) is 0 Å². The summed E-state index contributed by atoms with van der Waals surface area (Å²) in [6, 6.07) is 7.52. The predicted molar refractivity (Wildman–Crippen MR) is 83.9 cm³/mol. The Morgan fingerprint density at radius 2 is 2.14 bits per heavy atom. The quantitative estimate of drug-likeness (QED) is 0.873. The molecule has 1 aliphatic heterocycles. The fourth-order valence-corrected chi connectivity index (χ4v) is 3.02. The van der Waals surface area contributed by atoms with E-state index in [1.807, 2.05) is 12.1 Å². The van der Waals surface area contributed by atoms with Gasteiger partial charge in [0.1, 0.15) is 5.82 Å². The third kappa shape index (κ3) is 4.25. The fraction of sp³-hybridized carbons (Fsp3) is 0.647. The van der Waals surface area contributed by atoms with Crippen LogP contribution in [0, 0.1) is 5.82 Å². The van der Waals surface area contributed by atoms with E-state index in [1.165, 1.54) is 0 Å². The first-order chi connectivity index (χ1) is 10.2. The summed E-state index contributed by atoms with van der Waals surface area (Å²) < 4.78 is 19.8. The highest BCUT2D eigenvalue weighted by molar-refractivity contribution is 5.21. The number of benzene rings is 1. The highest BCUT2D eigenvalue weighted by Crippen LogP contribution is 2.22. The lowest BCUT2D eigenvalue weighted by molar-refractivity contribution is -0.0586. The number of halogens is 1. The second-order valence-corrected chi connectivity index (χ2v) is 5.79. The zero-order valence-corrected chi connectivity index (χ0v) is 13.3. The van der Waals surface area contributed by atoms with E-state index in [0.717, 1.165) is 38.2 Å². The molecule has 0 bridgehead atoms. The van der Waals surface area contributed by atoms with Gasteiger partial charge in [0.05, 0.1) is 12.7 Å². The molecule has 118 valence electrons. The lowest BCUT2D eigenvalue weighted by Crippen LogP contribution is -2.51. The van der Waals surface area contributed by atoms with Crippen LogP contribution in [0.25, 0.3) is 0 Å². The largest absolute Gasteiger partial charge is 0.376 e. The van der Waals surface area contributed by atoms with Crippen LogP contribution >= 0.6 is 0 Å². The lowest BCUT2D eigenvalue weighted by atomic mass is 10.0. The number of hydrogen-bond acceptors (Lipinski definition) is 3. The van der Waals surface area contributed by atoms with Crippen molar-refractivity contribution in [3.8, 4) is 0 Å². The van der Waals surface area contributed by atoms with Crippen molar-refractivity contribution in [1.82, 2.24) is 10.2 Å². The minimum Gasteiger partial charge on any atom is -0.376 e. The van der Waals surface area contributed by atoms with E-state index < -0.39 is 0 Å². The van der Waals surface area contributed by atoms with Crippen LogP contribution < -0.4 is 5.32 Å². The van der Waals surface area contributed by atoms with E-state index in [0.29, 0.717) is 6.04 Å². The third-order valence-electron chi connectivity index (χ3n) is 4.20. The molecule has 21 heavy (non-hydrogen) atoms. The van der Waals surface area contributed by atoms with Crippen molar-refractivity contribution in [3.05, 3.63) is 35.6 Å². The van der Waals surface area contributed by atoms with E-state index in [1.54, 1.807) is 12.1 Å². The number of ether oxygens (including phenoxy) is 1. The van der Waals surface area contributed by atoms with Crippen molar-refractivity contribution in [2.24, 2.45) is 0 Å². The molecule has 0 saturated carbocycles. The summed E-state index contributed by atoms with van der Waals surface area (Å²) in [6.45, 7) is 9.68. The molecule has 1 saturated heterocycles. The van der Waals surface area contributed by atoms with E-state index in [-0.39, 0.29) is 18.0 Å². The molecule has 0 radical (unpaired) electrons. The van der Waals surface area contributed by atoms with Crippen LogP contribution in [0.4, 0.5) is 4.39 Å². The Morgan fingerprint density at radius 3 is 2.81 bits per heavy atom. The zero-order valence-electron chi connectivity index (χ0n) is 13.3. The summed E-state index contributed by atoms with van der Waals surface area (Å²) in [5, 5.41) is 3.42. The van der Waals surface area contributed by atoms with Gasteiger partial charge in [-0.2, -0.15) is 0 Å². The number of morpholine rings is 1. The molecular formula is C17H27FN2O. The van der Waals surface area contributed by atoms with Crippen molar-refractivity contribution >= 4 is 0 Å². The highest BCUT2D eigenvalue weighted by Gasteiger charge is 2.28. The molecule has 0 aromatic heterocycles. The minimum absolute atomic E-state index is 0.0237. The van der Waals surface area contributed by atoms with Crippen LogP contribution in [0.15, 0.2) is 24.3 Å². The SMILES string of the molecule is CCNC(CN1CC(C)OCC1CC)c1ccccc1F. The molecular weight excluding hydrogens is 267 g/mol. The normalized spacial score (nSPS) is 25.0. The van der Waals surface area contributed by atoms with Crippen molar-refractivity contribution in [2.45, 2.75) is 45.4 Å². The third-order valence-corrected chi connectivity index (χ3v) is 4.20. The molecule has 0 amide bonds. The predicted octanol–water partition coefficient (Wildman–Crippen LogP) is 2.98. The van der Waals surface area contributed by atoms with Crippen molar-refractivity contribution < 1.29 is 9.13 Å². The standard InChI is InChI=1S/C17H27FN2O/c1-4-14-12-21-13(3)10-20(14)11-17(19-5-2)15-8-6-7-9-16(15)18/h6-9,13-14,17,19H,4-5,10-12H2,1-3H3. The Balaban J connectivity index is 2.13. The number of nitrogens with one attached hydrogen (secondary N) is 1. The summed E-state index contributed by atoms with van der Waals surface area (Å²) in [5.41, 5.74) is 0.758. The maximum atomic E-state index is 14.1. The number of hydrogen-bond donors (Lipinski definition) is 1. The van der Waals surface area contributed by atoms with Crippen molar-refractivity contribution in [2.75, 3.05) is 26.2 Å². The number of rotatable bonds is 6. The van der Waals surface area contributed by atoms with Gasteiger partial charge in [-0.1, -0.05) is 32.0 Å². The first-order valence-electron chi connectivity index (χ1n) is 7.99. The van der Waals surface area contributed by atoms with Crippen molar-refractivity contribution in [1.29, 1.82) is 0 Å². The van der Waals surface area contributed by atoms with Crippen LogP contribution in [0.1, 0.15) is 38.8 Å². The van der Waals surface area contributed by atoms with Gasteiger partial charge in [-0.25, -0.2) is 4.39 Å². The zero-order chi connectivity index (χ0) is 15.2. The Kier molecular flexibility index (Phi) is 6.15. The number of nitrogens with zero attached hydrogens (tertiary/aromatic N) is 1. The molecule has 3 atom stereocenters. The molecule has 1 aromatic carbocycles. The minimum atomic E-state index is -0.127.